The van der Waals surface area contributed by atoms with E-state index in [9.17, 15) is 23.1 Å². The molecular weight excluding hydrogens is 413 g/mol. The molecule has 0 unspecified atom stereocenters. The summed E-state index contributed by atoms with van der Waals surface area (Å²) in [6, 6.07) is 8.38. The summed E-state index contributed by atoms with van der Waals surface area (Å²) in [7, 11) is 0. The number of hydrogen-bond donors (Lipinski definition) is 1. The van der Waals surface area contributed by atoms with E-state index in [1.165, 1.54) is 44.2 Å². The molecule has 0 saturated carbocycles. The predicted molar refractivity (Wildman–Crippen MR) is 106 cm³/mol. The molecule has 6 nitrogen and oxygen atoms in total. The summed E-state index contributed by atoms with van der Waals surface area (Å²) in [4.78, 5) is 20.0. The molecule has 1 N–H and O–H groups in total. The van der Waals surface area contributed by atoms with Crippen LogP contribution in [0.3, 0.4) is 0 Å². The molecule has 1 heterocycles. The lowest BCUT2D eigenvalue weighted by molar-refractivity contribution is -0.152. The Labute approximate surface area is 176 Å². The molecule has 162 valence electrons. The molecule has 0 fully saturated rings. The molecular formula is C22H19F3N2O4. The van der Waals surface area contributed by atoms with Gasteiger partial charge in [0.1, 0.15) is 11.6 Å². The molecule has 9 heteroatoms. The number of hydrogen-bond acceptors (Lipinski definition) is 5. The minimum atomic E-state index is -1.64. The Morgan fingerprint density at radius 2 is 1.68 bits per heavy atom. The number of carboxylic acids is 1. The van der Waals surface area contributed by atoms with Crippen LogP contribution < -0.4 is 9.47 Å². The standard InChI is InChI=1S/C22H19F3N2O4/c1-4-30-18-10-16(25)15(24)9-14(18)17-11-19(31-22(2,3)21(28)29)27-20(26-17)12-5-7-13(23)8-6-12/h5-11H,4H2,1-3H3,(H,28,29). The number of rotatable bonds is 7. The van der Waals surface area contributed by atoms with Crippen LogP contribution in [-0.2, 0) is 4.79 Å². The zero-order valence-electron chi connectivity index (χ0n) is 16.9. The topological polar surface area (TPSA) is 81.5 Å². The normalized spacial score (nSPS) is 11.3. The van der Waals surface area contributed by atoms with Crippen LogP contribution in [0.4, 0.5) is 13.2 Å². The monoisotopic (exact) mass is 432 g/mol. The smallest absolute Gasteiger partial charge is 0.347 e. The molecule has 0 spiro atoms. The molecule has 0 bridgehead atoms. The van der Waals surface area contributed by atoms with Gasteiger partial charge in [0.15, 0.2) is 17.5 Å². The first-order chi connectivity index (χ1) is 14.6. The van der Waals surface area contributed by atoms with Crippen LogP contribution in [0.1, 0.15) is 20.8 Å². The lowest BCUT2D eigenvalue weighted by Crippen LogP contribution is -2.38. The highest BCUT2D eigenvalue weighted by atomic mass is 19.2. The minimum absolute atomic E-state index is 0.0357. The average Bonchev–Trinajstić information content (AvgIpc) is 2.70. The van der Waals surface area contributed by atoms with Crippen LogP contribution in [0.15, 0.2) is 42.5 Å². The Balaban J connectivity index is 2.21. The highest BCUT2D eigenvalue weighted by Gasteiger charge is 2.30. The number of carbonyl (C=O) groups is 1. The third-order valence-corrected chi connectivity index (χ3v) is 4.28. The summed E-state index contributed by atoms with van der Waals surface area (Å²) in [6.45, 7) is 4.53. The van der Waals surface area contributed by atoms with E-state index in [1.807, 2.05) is 0 Å². The van der Waals surface area contributed by atoms with Gasteiger partial charge in [-0.3, -0.25) is 0 Å². The van der Waals surface area contributed by atoms with Gasteiger partial charge >= 0.3 is 5.97 Å². The Kier molecular flexibility index (Phi) is 6.14. The predicted octanol–water partition coefficient (Wildman–Crippen LogP) is 4.87. The van der Waals surface area contributed by atoms with Crippen LogP contribution in [-0.4, -0.2) is 33.3 Å². The van der Waals surface area contributed by atoms with Crippen molar-refractivity contribution in [3.05, 3.63) is 59.9 Å². The molecule has 1 aromatic heterocycles. The average molecular weight is 432 g/mol. The van der Waals surface area contributed by atoms with Crippen molar-refractivity contribution in [2.24, 2.45) is 0 Å². The molecule has 0 aliphatic carbocycles. The molecule has 0 aliphatic heterocycles. The summed E-state index contributed by atoms with van der Waals surface area (Å²) in [5.74, 6) is -3.93. The van der Waals surface area contributed by atoms with E-state index in [2.05, 4.69) is 9.97 Å². The third-order valence-electron chi connectivity index (χ3n) is 4.28. The fraction of sp³-hybridized carbons (Fsp3) is 0.227. The van der Waals surface area contributed by atoms with Crippen molar-refractivity contribution in [3.8, 4) is 34.3 Å². The van der Waals surface area contributed by atoms with Gasteiger partial charge in [0, 0.05) is 23.3 Å². The van der Waals surface area contributed by atoms with E-state index in [0.29, 0.717) is 5.56 Å². The van der Waals surface area contributed by atoms with Crippen molar-refractivity contribution in [3.63, 3.8) is 0 Å². The highest BCUT2D eigenvalue weighted by molar-refractivity contribution is 5.77. The van der Waals surface area contributed by atoms with Gasteiger partial charge in [0.25, 0.3) is 0 Å². The molecule has 0 amide bonds. The highest BCUT2D eigenvalue weighted by Crippen LogP contribution is 2.34. The Morgan fingerprint density at radius 1 is 1.03 bits per heavy atom. The van der Waals surface area contributed by atoms with Gasteiger partial charge in [0.05, 0.1) is 12.3 Å². The molecule has 0 radical (unpaired) electrons. The second kappa shape index (κ2) is 8.63. The van der Waals surface area contributed by atoms with Gasteiger partial charge < -0.3 is 14.6 Å². The first-order valence-corrected chi connectivity index (χ1v) is 9.30. The summed E-state index contributed by atoms with van der Waals surface area (Å²) < 4.78 is 52.0. The number of nitrogens with zero attached hydrogens (tertiary/aromatic N) is 2. The second-order valence-electron chi connectivity index (χ2n) is 7.03. The Morgan fingerprint density at radius 3 is 2.29 bits per heavy atom. The molecule has 31 heavy (non-hydrogen) atoms. The van der Waals surface area contributed by atoms with E-state index >= 15 is 0 Å². The third kappa shape index (κ3) is 4.93. The van der Waals surface area contributed by atoms with Gasteiger partial charge in [-0.1, -0.05) is 0 Å². The molecule has 0 saturated heterocycles. The van der Waals surface area contributed by atoms with Crippen LogP contribution in [0.2, 0.25) is 0 Å². The zero-order valence-corrected chi connectivity index (χ0v) is 16.9. The van der Waals surface area contributed by atoms with E-state index < -0.39 is 29.0 Å². The summed E-state index contributed by atoms with van der Waals surface area (Å²) in [5.41, 5.74) is -1.01. The first-order valence-electron chi connectivity index (χ1n) is 9.30. The van der Waals surface area contributed by atoms with Crippen molar-refractivity contribution >= 4 is 5.97 Å². The van der Waals surface area contributed by atoms with E-state index in [-0.39, 0.29) is 35.3 Å². The van der Waals surface area contributed by atoms with E-state index in [0.717, 1.165) is 12.1 Å². The van der Waals surface area contributed by atoms with Crippen LogP contribution >= 0.6 is 0 Å². The van der Waals surface area contributed by atoms with Gasteiger partial charge in [-0.2, -0.15) is 4.98 Å². The quantitative estimate of drug-likeness (QED) is 0.574. The SMILES string of the molecule is CCOc1cc(F)c(F)cc1-c1cc(OC(C)(C)C(=O)O)nc(-c2ccc(F)cc2)n1. The van der Waals surface area contributed by atoms with E-state index in [4.69, 9.17) is 9.47 Å². The number of aromatic nitrogens is 2. The second-order valence-corrected chi connectivity index (χ2v) is 7.03. The van der Waals surface area contributed by atoms with Gasteiger partial charge in [0.2, 0.25) is 11.5 Å². The van der Waals surface area contributed by atoms with Gasteiger partial charge in [-0.05, 0) is 51.1 Å². The first kappa shape index (κ1) is 22.1. The number of benzene rings is 2. The van der Waals surface area contributed by atoms with E-state index in [1.54, 1.807) is 6.92 Å². The van der Waals surface area contributed by atoms with Crippen LogP contribution in [0.5, 0.6) is 11.6 Å². The fourth-order valence-electron chi connectivity index (χ4n) is 2.65. The molecule has 2 aromatic carbocycles. The maximum atomic E-state index is 14.0. The lowest BCUT2D eigenvalue weighted by Gasteiger charge is -2.21. The molecule has 0 atom stereocenters. The zero-order chi connectivity index (χ0) is 22.8. The molecule has 3 rings (SSSR count). The number of aliphatic carboxylic acids is 1. The van der Waals surface area contributed by atoms with Crippen molar-refractivity contribution in [1.82, 2.24) is 9.97 Å². The maximum Gasteiger partial charge on any atom is 0.347 e. The molecule has 0 aliphatic rings. The summed E-state index contributed by atoms with van der Waals surface area (Å²) in [6.07, 6.45) is 0. The van der Waals surface area contributed by atoms with Crippen molar-refractivity contribution in [2.75, 3.05) is 6.61 Å². The Hall–Kier alpha value is -3.62. The van der Waals surface area contributed by atoms with Crippen molar-refractivity contribution < 1.29 is 32.5 Å². The van der Waals surface area contributed by atoms with Crippen molar-refractivity contribution in [1.29, 1.82) is 0 Å². The fourth-order valence-corrected chi connectivity index (χ4v) is 2.65. The largest absolute Gasteiger partial charge is 0.493 e. The van der Waals surface area contributed by atoms with Crippen molar-refractivity contribution in [2.45, 2.75) is 26.4 Å². The molecule has 3 aromatic rings. The minimum Gasteiger partial charge on any atom is -0.493 e. The lowest BCUT2D eigenvalue weighted by atomic mass is 10.1. The van der Waals surface area contributed by atoms with Crippen LogP contribution in [0, 0.1) is 17.5 Å². The summed E-state index contributed by atoms with van der Waals surface area (Å²) in [5, 5.41) is 9.37. The Bertz CT molecular complexity index is 1120. The van der Waals surface area contributed by atoms with Gasteiger partial charge in [-0.25, -0.2) is 22.9 Å². The maximum absolute atomic E-state index is 14.0. The number of halogens is 3. The van der Waals surface area contributed by atoms with Crippen LogP contribution in [0.25, 0.3) is 22.6 Å². The number of ether oxygens (including phenoxy) is 2. The van der Waals surface area contributed by atoms with Gasteiger partial charge in [-0.15, -0.1) is 0 Å². The summed E-state index contributed by atoms with van der Waals surface area (Å²) >= 11 is 0. The number of carboxylic acid groups (broad SMARTS) is 1.